The Morgan fingerprint density at radius 2 is 2.26 bits per heavy atom. The van der Waals surface area contributed by atoms with Crippen molar-refractivity contribution in [1.29, 1.82) is 0 Å². The van der Waals surface area contributed by atoms with Gasteiger partial charge < -0.3 is 5.11 Å². The Hall–Kier alpha value is -1.15. The predicted octanol–water partition coefficient (Wildman–Crippen LogP) is 3.82. The average molecular weight is 262 g/mol. The molecule has 0 saturated carbocycles. The van der Waals surface area contributed by atoms with Crippen molar-refractivity contribution < 1.29 is 9.90 Å². The maximum absolute atomic E-state index is 12.2. The fourth-order valence-corrected chi connectivity index (χ4v) is 2.72. The van der Waals surface area contributed by atoms with Crippen LogP contribution in [0.1, 0.15) is 46.0 Å². The van der Waals surface area contributed by atoms with Crippen LogP contribution in [0.15, 0.2) is 36.0 Å². The van der Waals surface area contributed by atoms with E-state index in [9.17, 15) is 9.90 Å². The Morgan fingerprint density at radius 3 is 2.89 bits per heavy atom. The molecule has 0 heterocycles. The standard InChI is InChI=1S/C17H26O2/c1-4-5-8-15(12-18)16-11-10-13(2)7-6-9-17(19)14(16)3/h4,7-8,14,16,18H,1,5-6,9-12H2,2-3H3/b13-7+,15-8-/t14-,16-/m0/s1. The van der Waals surface area contributed by atoms with Crippen LogP contribution in [0.4, 0.5) is 0 Å². The van der Waals surface area contributed by atoms with Crippen molar-refractivity contribution in [3.05, 3.63) is 36.0 Å². The SMILES string of the molecule is C=CC/C=C(/CO)[C@H]1CC/C(C)=C/CCC(=O)[C@H]1C. The van der Waals surface area contributed by atoms with E-state index in [1.54, 1.807) is 0 Å². The number of Topliss-reactive ketones (excluding diaryl/α,β-unsaturated/α-hetero) is 1. The molecule has 0 amide bonds. The van der Waals surface area contributed by atoms with Crippen molar-refractivity contribution >= 4 is 5.78 Å². The fraction of sp³-hybridized carbons (Fsp3) is 0.588. The fourth-order valence-electron chi connectivity index (χ4n) is 2.72. The van der Waals surface area contributed by atoms with Crippen molar-refractivity contribution in [3.63, 3.8) is 0 Å². The van der Waals surface area contributed by atoms with Gasteiger partial charge in [-0.1, -0.05) is 30.7 Å². The number of aliphatic hydroxyl groups is 1. The Balaban J connectivity index is 2.94. The highest BCUT2D eigenvalue weighted by Crippen LogP contribution is 2.30. The summed E-state index contributed by atoms with van der Waals surface area (Å²) < 4.78 is 0. The quantitative estimate of drug-likeness (QED) is 0.782. The zero-order valence-electron chi connectivity index (χ0n) is 12.2. The van der Waals surface area contributed by atoms with Gasteiger partial charge in [0, 0.05) is 12.3 Å². The molecule has 106 valence electrons. The summed E-state index contributed by atoms with van der Waals surface area (Å²) in [5.41, 5.74) is 2.35. The van der Waals surface area contributed by atoms with Gasteiger partial charge in [-0.05, 0) is 44.1 Å². The second kappa shape index (κ2) is 8.11. The van der Waals surface area contributed by atoms with Gasteiger partial charge in [-0.2, -0.15) is 0 Å². The van der Waals surface area contributed by atoms with Crippen LogP contribution in [-0.2, 0) is 4.79 Å². The van der Waals surface area contributed by atoms with Crippen molar-refractivity contribution in [2.75, 3.05) is 6.61 Å². The predicted molar refractivity (Wildman–Crippen MR) is 79.9 cm³/mol. The van der Waals surface area contributed by atoms with E-state index >= 15 is 0 Å². The summed E-state index contributed by atoms with van der Waals surface area (Å²) in [4.78, 5) is 12.2. The lowest BCUT2D eigenvalue weighted by molar-refractivity contribution is -0.123. The normalized spacial score (nSPS) is 28.9. The Labute approximate surface area is 116 Å². The minimum Gasteiger partial charge on any atom is -0.392 e. The van der Waals surface area contributed by atoms with E-state index in [-0.39, 0.29) is 18.4 Å². The molecule has 2 heteroatoms. The molecule has 2 atom stereocenters. The van der Waals surface area contributed by atoms with E-state index in [0.29, 0.717) is 12.2 Å². The first-order valence-corrected chi connectivity index (χ1v) is 7.19. The van der Waals surface area contributed by atoms with Gasteiger partial charge in [0.15, 0.2) is 0 Å². The Morgan fingerprint density at radius 1 is 1.53 bits per heavy atom. The number of allylic oxidation sites excluding steroid dienone is 4. The summed E-state index contributed by atoms with van der Waals surface area (Å²) in [5.74, 6) is 0.482. The van der Waals surface area contributed by atoms with Crippen molar-refractivity contribution in [2.24, 2.45) is 11.8 Å². The third-order valence-electron chi connectivity index (χ3n) is 4.05. The molecule has 0 spiro atoms. The monoisotopic (exact) mass is 262 g/mol. The van der Waals surface area contributed by atoms with Gasteiger partial charge in [-0.25, -0.2) is 0 Å². The molecule has 0 aromatic rings. The Kier molecular flexibility index (Phi) is 6.79. The summed E-state index contributed by atoms with van der Waals surface area (Å²) in [6.45, 7) is 7.88. The van der Waals surface area contributed by atoms with Crippen LogP contribution in [0, 0.1) is 11.8 Å². The molecule has 0 unspecified atom stereocenters. The molecule has 0 fully saturated rings. The van der Waals surface area contributed by atoms with Crippen LogP contribution in [0.2, 0.25) is 0 Å². The lowest BCUT2D eigenvalue weighted by Crippen LogP contribution is -2.24. The maximum atomic E-state index is 12.2. The molecule has 0 bridgehead atoms. The number of hydrogen-bond acceptors (Lipinski definition) is 2. The third-order valence-corrected chi connectivity index (χ3v) is 4.05. The topological polar surface area (TPSA) is 37.3 Å². The van der Waals surface area contributed by atoms with E-state index in [1.165, 1.54) is 5.57 Å². The average Bonchev–Trinajstić information content (AvgIpc) is 2.46. The van der Waals surface area contributed by atoms with Crippen molar-refractivity contribution in [1.82, 2.24) is 0 Å². The van der Waals surface area contributed by atoms with E-state index in [2.05, 4.69) is 19.6 Å². The Bertz CT molecular complexity index is 377. The maximum Gasteiger partial charge on any atom is 0.136 e. The second-order valence-electron chi connectivity index (χ2n) is 5.45. The first kappa shape index (κ1) is 15.9. The van der Waals surface area contributed by atoms with Crippen LogP contribution in [0.3, 0.4) is 0 Å². The molecule has 0 aromatic carbocycles. The molecule has 0 saturated heterocycles. The highest BCUT2D eigenvalue weighted by molar-refractivity contribution is 5.81. The van der Waals surface area contributed by atoms with E-state index in [1.807, 2.05) is 19.1 Å². The number of carbonyl (C=O) groups excluding carboxylic acids is 1. The van der Waals surface area contributed by atoms with E-state index in [0.717, 1.165) is 31.3 Å². The molecule has 2 nitrogen and oxygen atoms in total. The molecular weight excluding hydrogens is 236 g/mol. The number of hydrogen-bond donors (Lipinski definition) is 1. The summed E-state index contributed by atoms with van der Waals surface area (Å²) in [6.07, 6.45) is 10.2. The summed E-state index contributed by atoms with van der Waals surface area (Å²) in [5, 5.41) is 9.58. The lowest BCUT2D eigenvalue weighted by atomic mass is 9.80. The van der Waals surface area contributed by atoms with Gasteiger partial charge in [0.2, 0.25) is 0 Å². The summed E-state index contributed by atoms with van der Waals surface area (Å²) in [6, 6.07) is 0. The van der Waals surface area contributed by atoms with Gasteiger partial charge in [0.05, 0.1) is 6.61 Å². The number of ketones is 1. The largest absolute Gasteiger partial charge is 0.392 e. The first-order chi connectivity index (χ1) is 9.10. The lowest BCUT2D eigenvalue weighted by Gasteiger charge is -2.24. The number of rotatable bonds is 4. The number of aliphatic hydroxyl groups excluding tert-OH is 1. The highest BCUT2D eigenvalue weighted by Gasteiger charge is 2.26. The minimum absolute atomic E-state index is 0.00233. The van der Waals surface area contributed by atoms with Gasteiger partial charge >= 0.3 is 0 Å². The molecule has 1 aliphatic rings. The van der Waals surface area contributed by atoms with Crippen LogP contribution >= 0.6 is 0 Å². The third kappa shape index (κ3) is 4.79. The van der Waals surface area contributed by atoms with Gasteiger partial charge in [-0.15, -0.1) is 6.58 Å². The van der Waals surface area contributed by atoms with E-state index in [4.69, 9.17) is 0 Å². The molecule has 1 rings (SSSR count). The van der Waals surface area contributed by atoms with Crippen LogP contribution in [0.5, 0.6) is 0 Å². The van der Waals surface area contributed by atoms with Crippen LogP contribution in [0.25, 0.3) is 0 Å². The molecule has 1 N–H and O–H groups in total. The molecule has 0 aliphatic heterocycles. The molecule has 1 aliphatic carbocycles. The van der Waals surface area contributed by atoms with Crippen LogP contribution in [-0.4, -0.2) is 17.5 Å². The summed E-state index contributed by atoms with van der Waals surface area (Å²) >= 11 is 0. The number of carbonyl (C=O) groups is 1. The first-order valence-electron chi connectivity index (χ1n) is 7.19. The zero-order valence-corrected chi connectivity index (χ0v) is 12.2. The second-order valence-corrected chi connectivity index (χ2v) is 5.45. The highest BCUT2D eigenvalue weighted by atomic mass is 16.3. The molecule has 19 heavy (non-hydrogen) atoms. The summed E-state index contributed by atoms with van der Waals surface area (Å²) in [7, 11) is 0. The molecule has 0 radical (unpaired) electrons. The van der Waals surface area contributed by atoms with Crippen molar-refractivity contribution in [3.8, 4) is 0 Å². The van der Waals surface area contributed by atoms with Gasteiger partial charge in [0.1, 0.15) is 5.78 Å². The van der Waals surface area contributed by atoms with Crippen molar-refractivity contribution in [2.45, 2.75) is 46.0 Å². The zero-order chi connectivity index (χ0) is 14.3. The van der Waals surface area contributed by atoms with Crippen LogP contribution < -0.4 is 0 Å². The van der Waals surface area contributed by atoms with E-state index < -0.39 is 0 Å². The smallest absolute Gasteiger partial charge is 0.136 e. The van der Waals surface area contributed by atoms with Gasteiger partial charge in [0.25, 0.3) is 0 Å². The minimum atomic E-state index is 0.00233. The molecule has 0 aromatic heterocycles. The molecular formula is C17H26O2. The van der Waals surface area contributed by atoms with Gasteiger partial charge in [-0.3, -0.25) is 4.79 Å².